The molecule has 0 atom stereocenters. The number of ether oxygens (including phenoxy) is 1. The van der Waals surface area contributed by atoms with Gasteiger partial charge in [0.15, 0.2) is 5.65 Å². The van der Waals surface area contributed by atoms with Crippen molar-refractivity contribution in [3.8, 4) is 5.88 Å². The summed E-state index contributed by atoms with van der Waals surface area (Å²) >= 11 is 0. The third-order valence-electron chi connectivity index (χ3n) is 2.03. The van der Waals surface area contributed by atoms with Crippen molar-refractivity contribution in [2.45, 2.75) is 20.3 Å². The van der Waals surface area contributed by atoms with Crippen molar-refractivity contribution in [1.82, 2.24) is 20.2 Å². The Morgan fingerprint density at radius 2 is 2.21 bits per heavy atom. The number of hydrogen-bond acceptors (Lipinski definition) is 4. The SMILES string of the molecule is CCOc1ncnc2n[nH]c(CC)c12. The fourth-order valence-corrected chi connectivity index (χ4v) is 1.39. The van der Waals surface area contributed by atoms with E-state index in [2.05, 4.69) is 27.1 Å². The van der Waals surface area contributed by atoms with Gasteiger partial charge in [0.2, 0.25) is 5.88 Å². The maximum Gasteiger partial charge on any atom is 0.228 e. The Labute approximate surface area is 81.5 Å². The molecule has 0 radical (unpaired) electrons. The first-order valence-electron chi connectivity index (χ1n) is 4.67. The van der Waals surface area contributed by atoms with E-state index in [0.717, 1.165) is 17.5 Å². The Bertz CT molecular complexity index is 437. The van der Waals surface area contributed by atoms with E-state index in [-0.39, 0.29) is 0 Å². The minimum Gasteiger partial charge on any atom is -0.477 e. The molecule has 74 valence electrons. The maximum atomic E-state index is 5.41. The van der Waals surface area contributed by atoms with Crippen LogP contribution in [0.1, 0.15) is 19.5 Å². The van der Waals surface area contributed by atoms with Crippen LogP contribution in [0.4, 0.5) is 0 Å². The molecule has 0 aliphatic heterocycles. The minimum atomic E-state index is 0.598. The molecule has 2 heterocycles. The standard InChI is InChI=1S/C9H12N4O/c1-3-6-7-8(13-12-6)10-5-11-9(7)14-4-2/h5H,3-4H2,1-2H3,(H,10,11,12,13). The summed E-state index contributed by atoms with van der Waals surface area (Å²) in [6.07, 6.45) is 2.33. The van der Waals surface area contributed by atoms with Gasteiger partial charge in [-0.05, 0) is 13.3 Å². The topological polar surface area (TPSA) is 63.7 Å². The molecule has 5 nitrogen and oxygen atoms in total. The van der Waals surface area contributed by atoms with Crippen LogP contribution in [0.5, 0.6) is 5.88 Å². The Balaban J connectivity index is 2.62. The molecule has 2 aromatic rings. The Kier molecular flexibility index (Phi) is 2.30. The molecule has 0 fully saturated rings. The Morgan fingerprint density at radius 1 is 1.36 bits per heavy atom. The quantitative estimate of drug-likeness (QED) is 0.796. The summed E-state index contributed by atoms with van der Waals surface area (Å²) in [6.45, 7) is 4.58. The van der Waals surface area contributed by atoms with E-state index in [1.165, 1.54) is 6.33 Å². The van der Waals surface area contributed by atoms with Crippen LogP contribution in [0, 0.1) is 0 Å². The largest absolute Gasteiger partial charge is 0.477 e. The third-order valence-corrected chi connectivity index (χ3v) is 2.03. The van der Waals surface area contributed by atoms with Crippen LogP contribution in [0.25, 0.3) is 11.0 Å². The molecule has 2 aromatic heterocycles. The maximum absolute atomic E-state index is 5.41. The number of nitrogens with one attached hydrogen (secondary N) is 1. The van der Waals surface area contributed by atoms with Crippen LogP contribution in [-0.2, 0) is 6.42 Å². The van der Waals surface area contributed by atoms with Crippen molar-refractivity contribution in [1.29, 1.82) is 0 Å². The molecule has 0 bridgehead atoms. The van der Waals surface area contributed by atoms with Crippen LogP contribution in [0.3, 0.4) is 0 Å². The molecular weight excluding hydrogens is 180 g/mol. The summed E-state index contributed by atoms with van der Waals surface area (Å²) in [5.74, 6) is 0.614. The molecule has 0 spiro atoms. The lowest BCUT2D eigenvalue weighted by Crippen LogP contribution is -1.96. The molecule has 1 N–H and O–H groups in total. The number of rotatable bonds is 3. The van der Waals surface area contributed by atoms with Gasteiger partial charge in [-0.15, -0.1) is 0 Å². The summed E-state index contributed by atoms with van der Waals surface area (Å²) in [6, 6.07) is 0. The number of aromatic amines is 1. The summed E-state index contributed by atoms with van der Waals surface area (Å²) in [4.78, 5) is 8.14. The molecule has 5 heteroatoms. The molecule has 14 heavy (non-hydrogen) atoms. The first kappa shape index (κ1) is 8.93. The fourth-order valence-electron chi connectivity index (χ4n) is 1.39. The molecule has 0 saturated carbocycles. The predicted octanol–water partition coefficient (Wildman–Crippen LogP) is 1.31. The molecule has 0 saturated heterocycles. The van der Waals surface area contributed by atoms with Gasteiger partial charge in [-0.25, -0.2) is 9.97 Å². The zero-order chi connectivity index (χ0) is 9.97. The number of nitrogens with zero attached hydrogens (tertiary/aromatic N) is 3. The second kappa shape index (κ2) is 3.61. The molecule has 0 aliphatic carbocycles. The van der Waals surface area contributed by atoms with Gasteiger partial charge in [-0.1, -0.05) is 6.92 Å². The van der Waals surface area contributed by atoms with Crippen molar-refractivity contribution in [2.24, 2.45) is 0 Å². The minimum absolute atomic E-state index is 0.598. The number of hydrogen-bond donors (Lipinski definition) is 1. The van der Waals surface area contributed by atoms with Crippen LogP contribution < -0.4 is 4.74 Å². The highest BCUT2D eigenvalue weighted by atomic mass is 16.5. The predicted molar refractivity (Wildman–Crippen MR) is 52.2 cm³/mol. The summed E-state index contributed by atoms with van der Waals surface area (Å²) in [7, 11) is 0. The van der Waals surface area contributed by atoms with Gasteiger partial charge in [0.25, 0.3) is 0 Å². The van der Waals surface area contributed by atoms with Gasteiger partial charge in [-0.3, -0.25) is 5.10 Å². The van der Waals surface area contributed by atoms with E-state index in [9.17, 15) is 0 Å². The Hall–Kier alpha value is -1.65. The van der Waals surface area contributed by atoms with Crippen molar-refractivity contribution in [2.75, 3.05) is 6.61 Å². The van der Waals surface area contributed by atoms with Crippen molar-refractivity contribution < 1.29 is 4.74 Å². The molecule has 0 unspecified atom stereocenters. The molecule has 2 rings (SSSR count). The summed E-state index contributed by atoms with van der Waals surface area (Å²) in [5, 5.41) is 7.91. The molecule has 0 aliphatic rings. The van der Waals surface area contributed by atoms with E-state index < -0.39 is 0 Å². The first-order chi connectivity index (χ1) is 6.86. The van der Waals surface area contributed by atoms with Gasteiger partial charge in [0.1, 0.15) is 11.7 Å². The zero-order valence-electron chi connectivity index (χ0n) is 8.24. The molecular formula is C9H12N4O. The Morgan fingerprint density at radius 3 is 2.93 bits per heavy atom. The number of fused-ring (bicyclic) bond motifs is 1. The lowest BCUT2D eigenvalue weighted by molar-refractivity contribution is 0.330. The van der Waals surface area contributed by atoms with E-state index >= 15 is 0 Å². The highest BCUT2D eigenvalue weighted by molar-refractivity contribution is 5.82. The summed E-state index contributed by atoms with van der Waals surface area (Å²) < 4.78 is 5.41. The molecule has 0 amide bonds. The number of H-pyrrole nitrogens is 1. The van der Waals surface area contributed by atoms with Gasteiger partial charge < -0.3 is 4.74 Å². The van der Waals surface area contributed by atoms with Crippen molar-refractivity contribution in [3.63, 3.8) is 0 Å². The second-order valence-electron chi connectivity index (χ2n) is 2.87. The van der Waals surface area contributed by atoms with Crippen LogP contribution in [0.2, 0.25) is 0 Å². The first-order valence-corrected chi connectivity index (χ1v) is 4.67. The van der Waals surface area contributed by atoms with Crippen LogP contribution in [-0.4, -0.2) is 26.8 Å². The van der Waals surface area contributed by atoms with Crippen molar-refractivity contribution >= 4 is 11.0 Å². The average Bonchev–Trinajstić information content (AvgIpc) is 2.62. The number of aromatic nitrogens is 4. The smallest absolute Gasteiger partial charge is 0.228 e. The van der Waals surface area contributed by atoms with Gasteiger partial charge in [0.05, 0.1) is 6.61 Å². The lowest BCUT2D eigenvalue weighted by Gasteiger charge is -2.02. The van der Waals surface area contributed by atoms with Gasteiger partial charge in [0, 0.05) is 5.69 Å². The highest BCUT2D eigenvalue weighted by Crippen LogP contribution is 2.23. The van der Waals surface area contributed by atoms with Crippen LogP contribution in [0.15, 0.2) is 6.33 Å². The lowest BCUT2D eigenvalue weighted by atomic mass is 10.2. The monoisotopic (exact) mass is 192 g/mol. The third kappa shape index (κ3) is 1.30. The van der Waals surface area contributed by atoms with E-state index in [1.54, 1.807) is 0 Å². The van der Waals surface area contributed by atoms with Crippen molar-refractivity contribution in [3.05, 3.63) is 12.0 Å². The fraction of sp³-hybridized carbons (Fsp3) is 0.444. The summed E-state index contributed by atoms with van der Waals surface area (Å²) in [5.41, 5.74) is 1.68. The number of aryl methyl sites for hydroxylation is 1. The van der Waals surface area contributed by atoms with E-state index in [1.807, 2.05) is 6.92 Å². The second-order valence-corrected chi connectivity index (χ2v) is 2.87. The normalized spacial score (nSPS) is 10.7. The zero-order valence-corrected chi connectivity index (χ0v) is 8.24. The van der Waals surface area contributed by atoms with Gasteiger partial charge in [-0.2, -0.15) is 5.10 Å². The highest BCUT2D eigenvalue weighted by Gasteiger charge is 2.11. The van der Waals surface area contributed by atoms with Gasteiger partial charge >= 0.3 is 0 Å². The van der Waals surface area contributed by atoms with E-state index in [4.69, 9.17) is 4.74 Å². The molecule has 0 aromatic carbocycles. The van der Waals surface area contributed by atoms with E-state index in [0.29, 0.717) is 18.1 Å². The van der Waals surface area contributed by atoms with Crippen LogP contribution >= 0.6 is 0 Å². The average molecular weight is 192 g/mol.